The maximum atomic E-state index is 14.5. The maximum Gasteiger partial charge on any atom is 0.338 e. The molecule has 11 nitrogen and oxygen atoms in total. The minimum absolute atomic E-state index is 0.0130. The van der Waals surface area contributed by atoms with Crippen molar-refractivity contribution in [2.45, 2.75) is 19.6 Å². The number of fused-ring (bicyclic) bond motifs is 1. The molecule has 5 aromatic rings. The number of thiazole rings is 1. The second kappa shape index (κ2) is 15.6. The van der Waals surface area contributed by atoms with Crippen LogP contribution in [0.1, 0.15) is 35.2 Å². The number of aromatic nitrogens is 1. The lowest BCUT2D eigenvalue weighted by Crippen LogP contribution is -2.40. The van der Waals surface area contributed by atoms with Crippen molar-refractivity contribution in [3.63, 3.8) is 0 Å². The Kier molecular flexibility index (Phi) is 11.0. The third-order valence-corrected chi connectivity index (χ3v) is 10.2. The van der Waals surface area contributed by atoms with Crippen LogP contribution in [-0.4, -0.2) is 36.3 Å². The highest BCUT2D eigenvalue weighted by molar-refractivity contribution is 14.1. The van der Waals surface area contributed by atoms with Gasteiger partial charge in [0.2, 0.25) is 0 Å². The number of non-ortho nitro benzene ring substituents is 1. The van der Waals surface area contributed by atoms with E-state index in [0.717, 1.165) is 13.6 Å². The molecular formula is C37H29BrIN3O8S. The van der Waals surface area contributed by atoms with Gasteiger partial charge in [0.1, 0.15) is 12.4 Å². The fourth-order valence-electron chi connectivity index (χ4n) is 5.63. The Hall–Kier alpha value is -4.80. The highest BCUT2D eigenvalue weighted by atomic mass is 127. The second-order valence-corrected chi connectivity index (χ2v) is 14.2. The standard InChI is InChI=1S/C37H29BrIN3O8S/c1-4-49-36(44)31-32(22-8-6-5-7-9-22)40-37-41(33(31)23-12-15-28(47-2)29(17-23)48-3)35(43)30(51-37)18-24-16-25(38)19-27(39)34(24)50-20-21-10-13-26(14-11-21)42(45)46/h5-19,33H,4,20H2,1-3H3/b30-18-/t33-/m1/s1. The molecule has 0 saturated heterocycles. The Balaban J connectivity index is 1.55. The summed E-state index contributed by atoms with van der Waals surface area (Å²) in [6.07, 6.45) is 1.74. The van der Waals surface area contributed by atoms with Crippen LogP contribution in [0.4, 0.5) is 5.69 Å². The second-order valence-electron chi connectivity index (χ2n) is 11.1. The monoisotopic (exact) mass is 881 g/mol. The number of carbonyl (C=O) groups excluding carboxylic acids is 1. The van der Waals surface area contributed by atoms with E-state index in [-0.39, 0.29) is 30.0 Å². The zero-order valence-electron chi connectivity index (χ0n) is 27.4. The van der Waals surface area contributed by atoms with Gasteiger partial charge in [-0.05, 0) is 83.1 Å². The number of methoxy groups -OCH3 is 2. The molecular weight excluding hydrogens is 853 g/mol. The topological polar surface area (TPSA) is 131 Å². The third kappa shape index (κ3) is 7.48. The Morgan fingerprint density at radius 1 is 1.04 bits per heavy atom. The number of nitrogens with zero attached hydrogens (tertiary/aromatic N) is 3. The molecule has 0 aliphatic carbocycles. The molecule has 0 amide bonds. The highest BCUT2D eigenvalue weighted by Gasteiger charge is 2.35. The number of nitro groups is 1. The van der Waals surface area contributed by atoms with Crippen LogP contribution in [0.15, 0.2) is 105 Å². The average Bonchev–Trinajstić information content (AvgIpc) is 3.44. The van der Waals surface area contributed by atoms with E-state index in [4.69, 9.17) is 23.9 Å². The summed E-state index contributed by atoms with van der Waals surface area (Å²) in [6, 6.07) is 23.5. The van der Waals surface area contributed by atoms with E-state index >= 15 is 0 Å². The normalized spacial score (nSPS) is 14.1. The summed E-state index contributed by atoms with van der Waals surface area (Å²) < 4.78 is 26.3. The van der Waals surface area contributed by atoms with Crippen molar-refractivity contribution in [1.82, 2.24) is 4.57 Å². The summed E-state index contributed by atoms with van der Waals surface area (Å²) in [4.78, 5) is 44.4. The molecule has 0 N–H and O–H groups in total. The SMILES string of the molecule is CCOC(=O)C1=C(c2ccccc2)N=c2s/c(=C\c3cc(Br)cc(I)c3OCc3ccc([N+](=O)[O-])cc3)c(=O)n2[C@@H]1c1ccc(OC)c(OC)c1. The summed E-state index contributed by atoms with van der Waals surface area (Å²) in [5.74, 6) is 0.843. The minimum atomic E-state index is -0.919. The fraction of sp³-hybridized carbons (Fsp3) is 0.162. The lowest BCUT2D eigenvalue weighted by atomic mass is 9.93. The summed E-state index contributed by atoms with van der Waals surface area (Å²) in [7, 11) is 3.05. The molecule has 1 aliphatic rings. The van der Waals surface area contributed by atoms with Gasteiger partial charge >= 0.3 is 5.97 Å². The molecule has 260 valence electrons. The number of hydrogen-bond donors (Lipinski definition) is 0. The first-order valence-corrected chi connectivity index (χ1v) is 18.2. The molecule has 0 bridgehead atoms. The van der Waals surface area contributed by atoms with Crippen molar-refractivity contribution in [3.05, 3.63) is 151 Å². The number of halogens is 2. The van der Waals surface area contributed by atoms with E-state index in [2.05, 4.69) is 38.5 Å². The van der Waals surface area contributed by atoms with Gasteiger partial charge in [0.25, 0.3) is 11.2 Å². The molecule has 0 radical (unpaired) electrons. The van der Waals surface area contributed by atoms with Gasteiger partial charge in [-0.2, -0.15) is 0 Å². The van der Waals surface area contributed by atoms with Gasteiger partial charge in [0.05, 0.1) is 51.2 Å². The summed E-state index contributed by atoms with van der Waals surface area (Å²) in [6.45, 7) is 1.99. The molecule has 14 heteroatoms. The van der Waals surface area contributed by atoms with E-state index in [9.17, 15) is 19.7 Å². The number of esters is 1. The van der Waals surface area contributed by atoms with Crippen LogP contribution in [0.2, 0.25) is 0 Å². The molecule has 0 fully saturated rings. The minimum Gasteiger partial charge on any atom is -0.493 e. The molecule has 6 rings (SSSR count). The number of carbonyl (C=O) groups is 1. The largest absolute Gasteiger partial charge is 0.493 e. The van der Waals surface area contributed by atoms with Gasteiger partial charge in [-0.25, -0.2) is 9.79 Å². The molecule has 0 saturated carbocycles. The zero-order chi connectivity index (χ0) is 36.2. The first-order valence-electron chi connectivity index (χ1n) is 15.5. The van der Waals surface area contributed by atoms with Crippen LogP contribution in [0.5, 0.6) is 17.2 Å². The van der Waals surface area contributed by atoms with Gasteiger partial charge in [0.15, 0.2) is 16.3 Å². The van der Waals surface area contributed by atoms with E-state index < -0.39 is 16.9 Å². The number of nitro benzene ring substituents is 1. The molecule has 4 aromatic carbocycles. The van der Waals surface area contributed by atoms with Crippen LogP contribution in [0, 0.1) is 13.7 Å². The molecule has 0 spiro atoms. The van der Waals surface area contributed by atoms with Crippen molar-refractivity contribution in [3.8, 4) is 17.2 Å². The lowest BCUT2D eigenvalue weighted by molar-refractivity contribution is -0.384. The van der Waals surface area contributed by atoms with Gasteiger partial charge < -0.3 is 18.9 Å². The Bertz CT molecular complexity index is 2360. The predicted molar refractivity (Wildman–Crippen MR) is 205 cm³/mol. The first-order chi connectivity index (χ1) is 24.6. The number of ether oxygens (including phenoxy) is 4. The van der Waals surface area contributed by atoms with E-state index in [1.54, 1.807) is 43.3 Å². The highest BCUT2D eigenvalue weighted by Crippen LogP contribution is 2.39. The van der Waals surface area contributed by atoms with Crippen LogP contribution in [0.3, 0.4) is 0 Å². The number of rotatable bonds is 11. The molecule has 1 aromatic heterocycles. The Morgan fingerprint density at radius 3 is 2.43 bits per heavy atom. The molecule has 1 atom stereocenters. The Morgan fingerprint density at radius 2 is 1.76 bits per heavy atom. The lowest BCUT2D eigenvalue weighted by Gasteiger charge is -2.26. The first kappa shape index (κ1) is 36.0. The Labute approximate surface area is 317 Å². The van der Waals surface area contributed by atoms with Crippen molar-refractivity contribution in [1.29, 1.82) is 0 Å². The van der Waals surface area contributed by atoms with Gasteiger partial charge in [-0.15, -0.1) is 0 Å². The van der Waals surface area contributed by atoms with Crippen LogP contribution >= 0.6 is 49.9 Å². The van der Waals surface area contributed by atoms with E-state index in [1.165, 1.54) is 42.3 Å². The van der Waals surface area contributed by atoms with Crippen molar-refractivity contribution >= 4 is 73.3 Å². The van der Waals surface area contributed by atoms with E-state index in [0.29, 0.717) is 49.0 Å². The van der Waals surface area contributed by atoms with Crippen LogP contribution in [-0.2, 0) is 16.1 Å². The molecule has 0 unspecified atom stereocenters. The third-order valence-electron chi connectivity index (χ3n) is 7.95. The summed E-state index contributed by atoms with van der Waals surface area (Å²) in [5, 5.41) is 11.1. The van der Waals surface area contributed by atoms with Crippen molar-refractivity contribution in [2.24, 2.45) is 4.99 Å². The molecule has 2 heterocycles. The van der Waals surface area contributed by atoms with Gasteiger partial charge in [-0.1, -0.05) is 63.7 Å². The van der Waals surface area contributed by atoms with E-state index in [1.807, 2.05) is 42.5 Å². The van der Waals surface area contributed by atoms with Crippen molar-refractivity contribution < 1.29 is 28.7 Å². The average molecular weight is 883 g/mol. The summed E-state index contributed by atoms with van der Waals surface area (Å²) >= 11 is 6.92. The van der Waals surface area contributed by atoms with Gasteiger partial charge in [-0.3, -0.25) is 19.5 Å². The van der Waals surface area contributed by atoms with Crippen molar-refractivity contribution in [2.75, 3.05) is 20.8 Å². The maximum absolute atomic E-state index is 14.5. The predicted octanol–water partition coefficient (Wildman–Crippen LogP) is 6.81. The summed E-state index contributed by atoms with van der Waals surface area (Å²) in [5.41, 5.74) is 2.85. The van der Waals surface area contributed by atoms with Crippen LogP contribution in [0.25, 0.3) is 11.8 Å². The fourth-order valence-corrected chi connectivity index (χ4v) is 8.33. The quantitative estimate of drug-likeness (QED) is 0.0613. The zero-order valence-corrected chi connectivity index (χ0v) is 32.0. The van der Waals surface area contributed by atoms with Crippen LogP contribution < -0.4 is 29.1 Å². The van der Waals surface area contributed by atoms with Gasteiger partial charge in [0, 0.05) is 27.7 Å². The number of benzene rings is 4. The smallest absolute Gasteiger partial charge is 0.338 e. The molecule has 1 aliphatic heterocycles. The molecule has 51 heavy (non-hydrogen) atoms. The number of hydrogen-bond acceptors (Lipinski definition) is 10.